The minimum Gasteiger partial charge on any atom is -0.490 e. The monoisotopic (exact) mass is 406 g/mol. The topological polar surface area (TPSA) is 71.5 Å². The number of carbonyl (C=O) groups is 1. The normalized spacial score (nSPS) is 13.2. The Labute approximate surface area is 174 Å². The molecule has 154 valence electrons. The predicted molar refractivity (Wildman–Crippen MR) is 112 cm³/mol. The number of benzene rings is 2. The van der Waals surface area contributed by atoms with Gasteiger partial charge in [0.1, 0.15) is 11.6 Å². The van der Waals surface area contributed by atoms with Crippen LogP contribution in [0.4, 0.5) is 4.39 Å². The van der Waals surface area contributed by atoms with Crippen molar-refractivity contribution in [3.63, 3.8) is 0 Å². The highest BCUT2D eigenvalue weighted by molar-refractivity contribution is 5.98. The van der Waals surface area contributed by atoms with Gasteiger partial charge in [-0.05, 0) is 66.3 Å². The summed E-state index contributed by atoms with van der Waals surface area (Å²) in [7, 11) is 0. The zero-order chi connectivity index (χ0) is 21.1. The Morgan fingerprint density at radius 1 is 1.23 bits per heavy atom. The van der Waals surface area contributed by atoms with Crippen LogP contribution in [0.1, 0.15) is 39.9 Å². The number of carbonyl (C=O) groups excluding carboxylic acids is 1. The smallest absolute Gasteiger partial charge is 0.255 e. The molecule has 5 nitrogen and oxygen atoms in total. The van der Waals surface area contributed by atoms with Crippen LogP contribution in [-0.4, -0.2) is 22.1 Å². The lowest BCUT2D eigenvalue weighted by Gasteiger charge is -2.14. The fourth-order valence-electron chi connectivity index (χ4n) is 3.19. The molecular weight excluding hydrogens is 383 g/mol. The van der Waals surface area contributed by atoms with E-state index in [2.05, 4.69) is 10.3 Å². The molecule has 1 aliphatic carbocycles. The molecule has 2 aromatic carbocycles. The molecule has 1 fully saturated rings. The van der Waals surface area contributed by atoms with Crippen molar-refractivity contribution in [1.82, 2.24) is 10.3 Å². The van der Waals surface area contributed by atoms with E-state index in [0.717, 1.165) is 29.5 Å². The van der Waals surface area contributed by atoms with Gasteiger partial charge >= 0.3 is 0 Å². The molecule has 1 aromatic heterocycles. The zero-order valence-corrected chi connectivity index (χ0v) is 16.7. The number of ether oxygens (including phenoxy) is 1. The molecule has 0 saturated heterocycles. The molecule has 0 radical (unpaired) electrons. The van der Waals surface area contributed by atoms with Crippen LogP contribution in [0.3, 0.4) is 0 Å². The van der Waals surface area contributed by atoms with Crippen molar-refractivity contribution in [2.75, 3.05) is 0 Å². The number of amides is 1. The molecule has 0 unspecified atom stereocenters. The fourth-order valence-corrected chi connectivity index (χ4v) is 3.19. The van der Waals surface area contributed by atoms with Gasteiger partial charge in [0.05, 0.1) is 18.3 Å². The predicted octanol–water partition coefficient (Wildman–Crippen LogP) is 4.16. The van der Waals surface area contributed by atoms with E-state index in [9.17, 15) is 14.3 Å². The van der Waals surface area contributed by atoms with Gasteiger partial charge in [0.2, 0.25) is 0 Å². The maximum atomic E-state index is 13.8. The van der Waals surface area contributed by atoms with E-state index in [1.165, 1.54) is 6.07 Å². The SMILES string of the molecule is Cc1ccc(CNC(=O)c2cc(-c3cnccc3CO)ccc2OC2CC2)cc1F. The van der Waals surface area contributed by atoms with E-state index < -0.39 is 0 Å². The van der Waals surface area contributed by atoms with Crippen molar-refractivity contribution in [1.29, 1.82) is 0 Å². The minimum atomic E-state index is -0.303. The zero-order valence-electron chi connectivity index (χ0n) is 16.7. The molecule has 3 aromatic rings. The standard InChI is InChI=1S/C24H23FN2O3/c1-15-2-3-16(10-22(15)25)12-27-24(29)20-11-17(4-7-23(20)30-19-5-6-19)21-13-26-9-8-18(21)14-28/h2-4,7-11,13,19,28H,5-6,12,14H2,1H3,(H,27,29). The number of pyridine rings is 1. The molecule has 0 aliphatic heterocycles. The van der Waals surface area contributed by atoms with Crippen molar-refractivity contribution in [2.24, 2.45) is 0 Å². The van der Waals surface area contributed by atoms with Crippen molar-refractivity contribution < 1.29 is 19.0 Å². The number of halogens is 1. The lowest BCUT2D eigenvalue weighted by Crippen LogP contribution is -2.24. The van der Waals surface area contributed by atoms with Crippen LogP contribution in [0.5, 0.6) is 5.75 Å². The Morgan fingerprint density at radius 2 is 2.07 bits per heavy atom. The Bertz CT molecular complexity index is 1080. The third-order valence-electron chi connectivity index (χ3n) is 5.12. The van der Waals surface area contributed by atoms with Gasteiger partial charge < -0.3 is 15.2 Å². The summed E-state index contributed by atoms with van der Waals surface area (Å²) in [6.45, 7) is 1.78. The van der Waals surface area contributed by atoms with E-state index in [4.69, 9.17) is 4.74 Å². The van der Waals surface area contributed by atoms with Crippen LogP contribution in [0.2, 0.25) is 0 Å². The summed E-state index contributed by atoms with van der Waals surface area (Å²) in [5.41, 5.74) is 3.90. The van der Waals surface area contributed by atoms with E-state index in [1.807, 2.05) is 6.07 Å². The summed E-state index contributed by atoms with van der Waals surface area (Å²) in [6.07, 6.45) is 5.37. The highest BCUT2D eigenvalue weighted by Crippen LogP contribution is 2.33. The molecule has 2 N–H and O–H groups in total. The Balaban J connectivity index is 1.61. The average Bonchev–Trinajstić information content (AvgIpc) is 3.58. The second kappa shape index (κ2) is 8.63. The summed E-state index contributed by atoms with van der Waals surface area (Å²) in [6, 6.07) is 12.0. The first kappa shape index (κ1) is 20.0. The number of hydrogen-bond acceptors (Lipinski definition) is 4. The van der Waals surface area contributed by atoms with Gasteiger partial charge in [0.15, 0.2) is 0 Å². The number of aryl methyl sites for hydroxylation is 1. The van der Waals surface area contributed by atoms with Gasteiger partial charge in [-0.3, -0.25) is 9.78 Å². The van der Waals surface area contributed by atoms with Crippen molar-refractivity contribution >= 4 is 5.91 Å². The first-order chi connectivity index (χ1) is 14.5. The Hall–Kier alpha value is -3.25. The van der Waals surface area contributed by atoms with E-state index in [1.54, 1.807) is 49.6 Å². The summed E-state index contributed by atoms with van der Waals surface area (Å²) in [5.74, 6) is -0.0826. The Kier molecular flexibility index (Phi) is 5.77. The molecule has 0 atom stereocenters. The highest BCUT2D eigenvalue weighted by Gasteiger charge is 2.26. The van der Waals surface area contributed by atoms with Gasteiger partial charge in [0, 0.05) is 24.5 Å². The van der Waals surface area contributed by atoms with Crippen LogP contribution < -0.4 is 10.1 Å². The number of hydrogen-bond donors (Lipinski definition) is 2. The number of rotatable bonds is 7. The van der Waals surface area contributed by atoms with Gasteiger partial charge in [-0.15, -0.1) is 0 Å². The largest absolute Gasteiger partial charge is 0.490 e. The second-order valence-corrected chi connectivity index (χ2v) is 7.49. The number of nitrogens with one attached hydrogen (secondary N) is 1. The average molecular weight is 406 g/mol. The second-order valence-electron chi connectivity index (χ2n) is 7.49. The maximum absolute atomic E-state index is 13.8. The van der Waals surface area contributed by atoms with E-state index >= 15 is 0 Å². The third kappa shape index (κ3) is 4.49. The Morgan fingerprint density at radius 3 is 2.80 bits per heavy atom. The van der Waals surface area contributed by atoms with Crippen LogP contribution >= 0.6 is 0 Å². The summed E-state index contributed by atoms with van der Waals surface area (Å²) in [5, 5.41) is 12.5. The van der Waals surface area contributed by atoms with Crippen LogP contribution in [0.25, 0.3) is 11.1 Å². The quantitative estimate of drug-likeness (QED) is 0.618. The molecular formula is C24H23FN2O3. The molecule has 6 heteroatoms. The summed E-state index contributed by atoms with van der Waals surface area (Å²) in [4.78, 5) is 17.1. The lowest BCUT2D eigenvalue weighted by molar-refractivity contribution is 0.0946. The molecule has 30 heavy (non-hydrogen) atoms. The first-order valence-electron chi connectivity index (χ1n) is 9.93. The molecule has 1 saturated carbocycles. The number of aromatic nitrogens is 1. The highest BCUT2D eigenvalue weighted by atomic mass is 19.1. The maximum Gasteiger partial charge on any atom is 0.255 e. The van der Waals surface area contributed by atoms with Gasteiger partial charge in [-0.2, -0.15) is 0 Å². The van der Waals surface area contributed by atoms with Gasteiger partial charge in [-0.1, -0.05) is 18.2 Å². The number of aliphatic hydroxyl groups is 1. The third-order valence-corrected chi connectivity index (χ3v) is 5.12. The first-order valence-corrected chi connectivity index (χ1v) is 9.93. The van der Waals surface area contributed by atoms with Crippen LogP contribution in [0, 0.1) is 12.7 Å². The molecule has 1 amide bonds. The van der Waals surface area contributed by atoms with E-state index in [-0.39, 0.29) is 31.0 Å². The summed E-state index contributed by atoms with van der Waals surface area (Å²) < 4.78 is 19.7. The molecule has 1 heterocycles. The summed E-state index contributed by atoms with van der Waals surface area (Å²) >= 11 is 0. The van der Waals surface area contributed by atoms with E-state index in [0.29, 0.717) is 22.4 Å². The van der Waals surface area contributed by atoms with Crippen LogP contribution in [-0.2, 0) is 13.2 Å². The molecule has 0 bridgehead atoms. The number of aliphatic hydroxyl groups excluding tert-OH is 1. The lowest BCUT2D eigenvalue weighted by atomic mass is 9.99. The van der Waals surface area contributed by atoms with Crippen molar-refractivity contribution in [3.05, 3.63) is 82.9 Å². The fraction of sp³-hybridized carbons (Fsp3) is 0.250. The molecule has 0 spiro atoms. The van der Waals surface area contributed by atoms with Gasteiger partial charge in [-0.25, -0.2) is 4.39 Å². The van der Waals surface area contributed by atoms with Crippen molar-refractivity contribution in [3.8, 4) is 16.9 Å². The van der Waals surface area contributed by atoms with Crippen LogP contribution in [0.15, 0.2) is 54.9 Å². The molecule has 4 rings (SSSR count). The minimum absolute atomic E-state index is 0.126. The number of nitrogens with zero attached hydrogens (tertiary/aromatic N) is 1. The van der Waals surface area contributed by atoms with Gasteiger partial charge in [0.25, 0.3) is 5.91 Å². The molecule has 1 aliphatic rings. The van der Waals surface area contributed by atoms with Crippen molar-refractivity contribution in [2.45, 2.75) is 39.0 Å².